The predicted octanol–water partition coefficient (Wildman–Crippen LogP) is 3.95. The predicted molar refractivity (Wildman–Crippen MR) is 117 cm³/mol. The minimum absolute atomic E-state index is 0.00387. The lowest BCUT2D eigenvalue weighted by atomic mass is 10.1. The van der Waals surface area contributed by atoms with Gasteiger partial charge in [-0.15, -0.1) is 0 Å². The first kappa shape index (κ1) is 25.1. The van der Waals surface area contributed by atoms with E-state index < -0.39 is 35.0 Å². The molecule has 0 atom stereocenters. The van der Waals surface area contributed by atoms with Crippen LogP contribution in [0.15, 0.2) is 28.7 Å². The molecule has 2 rings (SSSR count). The molecular formula is C22H24BrNO8. The lowest BCUT2D eigenvalue weighted by molar-refractivity contribution is 0.0453. The minimum atomic E-state index is -0.972. The zero-order valence-corrected chi connectivity index (χ0v) is 19.8. The largest absolute Gasteiger partial charge is 0.462 e. The number of rotatable bonds is 9. The number of esters is 4. The first-order valence-electron chi connectivity index (χ1n) is 10.0. The number of aromatic nitrogens is 1. The van der Waals surface area contributed by atoms with Gasteiger partial charge in [-0.05, 0) is 52.0 Å². The molecule has 9 nitrogen and oxygen atoms in total. The molecule has 10 heteroatoms. The van der Waals surface area contributed by atoms with Gasteiger partial charge in [0.15, 0.2) is 0 Å². The Morgan fingerprint density at radius 2 is 1.00 bits per heavy atom. The number of hydrogen-bond acceptors (Lipinski definition) is 8. The smallest absolute Gasteiger partial charge is 0.356 e. The molecule has 0 N–H and O–H groups in total. The highest BCUT2D eigenvalue weighted by molar-refractivity contribution is 9.10. The van der Waals surface area contributed by atoms with Crippen LogP contribution in [-0.4, -0.2) is 54.9 Å². The zero-order chi connectivity index (χ0) is 23.8. The van der Waals surface area contributed by atoms with Crippen molar-refractivity contribution in [1.29, 1.82) is 0 Å². The summed E-state index contributed by atoms with van der Waals surface area (Å²) in [5.74, 6) is -3.78. The van der Waals surface area contributed by atoms with Crippen LogP contribution in [0, 0.1) is 0 Å². The molecule has 172 valence electrons. The van der Waals surface area contributed by atoms with Crippen LogP contribution in [0.1, 0.15) is 69.4 Å². The van der Waals surface area contributed by atoms with E-state index in [0.717, 1.165) is 4.47 Å². The van der Waals surface area contributed by atoms with Gasteiger partial charge in [-0.25, -0.2) is 19.2 Å². The molecule has 0 radical (unpaired) electrons. The highest BCUT2D eigenvalue weighted by atomic mass is 79.9. The molecule has 0 spiro atoms. The summed E-state index contributed by atoms with van der Waals surface area (Å²) in [6.07, 6.45) is 0. The van der Waals surface area contributed by atoms with Crippen LogP contribution in [0.5, 0.6) is 0 Å². The number of carbonyl (C=O) groups excluding carboxylic acids is 4. The first-order chi connectivity index (χ1) is 15.3. The van der Waals surface area contributed by atoms with E-state index in [9.17, 15) is 19.2 Å². The Hall–Kier alpha value is -3.14. The summed E-state index contributed by atoms with van der Waals surface area (Å²) in [4.78, 5) is 51.8. The molecule has 2 aromatic rings. The van der Waals surface area contributed by atoms with E-state index in [1.54, 1.807) is 52.0 Å². The molecule has 1 heterocycles. The van der Waals surface area contributed by atoms with Gasteiger partial charge < -0.3 is 18.9 Å². The van der Waals surface area contributed by atoms with Gasteiger partial charge in [0.25, 0.3) is 0 Å². The fourth-order valence-corrected chi connectivity index (χ4v) is 3.27. The van der Waals surface area contributed by atoms with Crippen molar-refractivity contribution in [2.45, 2.75) is 27.7 Å². The van der Waals surface area contributed by atoms with Crippen LogP contribution < -0.4 is 0 Å². The van der Waals surface area contributed by atoms with Crippen molar-refractivity contribution >= 4 is 39.8 Å². The Morgan fingerprint density at radius 1 is 0.656 bits per heavy atom. The van der Waals surface area contributed by atoms with Crippen molar-refractivity contribution in [3.8, 4) is 5.69 Å². The van der Waals surface area contributed by atoms with Gasteiger partial charge in [-0.3, -0.25) is 4.57 Å². The average molecular weight is 510 g/mol. The topological polar surface area (TPSA) is 110 Å². The summed E-state index contributed by atoms with van der Waals surface area (Å²) in [5, 5.41) is 0. The second kappa shape index (κ2) is 11.5. The molecule has 0 fully saturated rings. The van der Waals surface area contributed by atoms with Gasteiger partial charge >= 0.3 is 23.9 Å². The Morgan fingerprint density at radius 3 is 1.34 bits per heavy atom. The molecule has 0 saturated heterocycles. The molecule has 32 heavy (non-hydrogen) atoms. The van der Waals surface area contributed by atoms with E-state index in [2.05, 4.69) is 15.9 Å². The van der Waals surface area contributed by atoms with Crippen LogP contribution in [0.3, 0.4) is 0 Å². The minimum Gasteiger partial charge on any atom is -0.462 e. The molecule has 0 aliphatic carbocycles. The molecule has 0 bridgehead atoms. The van der Waals surface area contributed by atoms with Gasteiger partial charge in [0, 0.05) is 10.2 Å². The van der Waals surface area contributed by atoms with Crippen LogP contribution in [-0.2, 0) is 18.9 Å². The maximum atomic E-state index is 13.0. The first-order valence-corrected chi connectivity index (χ1v) is 10.8. The number of ether oxygens (including phenoxy) is 4. The van der Waals surface area contributed by atoms with Crippen molar-refractivity contribution in [1.82, 2.24) is 4.57 Å². The van der Waals surface area contributed by atoms with E-state index in [4.69, 9.17) is 18.9 Å². The Balaban J connectivity index is 3.06. The number of halogens is 1. The Labute approximate surface area is 193 Å². The van der Waals surface area contributed by atoms with Crippen LogP contribution in [0.25, 0.3) is 5.69 Å². The van der Waals surface area contributed by atoms with Crippen LogP contribution >= 0.6 is 15.9 Å². The van der Waals surface area contributed by atoms with E-state index in [0.29, 0.717) is 5.69 Å². The summed E-state index contributed by atoms with van der Waals surface area (Å²) in [6.45, 7) is 6.27. The third-order valence-corrected chi connectivity index (χ3v) is 4.68. The monoisotopic (exact) mass is 509 g/mol. The zero-order valence-electron chi connectivity index (χ0n) is 18.2. The normalized spacial score (nSPS) is 10.4. The maximum absolute atomic E-state index is 13.0. The van der Waals surface area contributed by atoms with Crippen LogP contribution in [0.4, 0.5) is 0 Å². The van der Waals surface area contributed by atoms with Crippen molar-refractivity contribution < 1.29 is 38.1 Å². The van der Waals surface area contributed by atoms with Crippen molar-refractivity contribution in [2.24, 2.45) is 0 Å². The van der Waals surface area contributed by atoms with E-state index in [1.165, 1.54) is 4.57 Å². The molecule has 0 aliphatic rings. The van der Waals surface area contributed by atoms with Crippen molar-refractivity contribution in [2.75, 3.05) is 26.4 Å². The van der Waals surface area contributed by atoms with Gasteiger partial charge in [0.2, 0.25) is 0 Å². The number of carbonyl (C=O) groups is 4. The van der Waals surface area contributed by atoms with E-state index in [-0.39, 0.29) is 37.8 Å². The Kier molecular flexibility index (Phi) is 9.01. The molecule has 0 aliphatic heterocycles. The quantitative estimate of drug-likeness (QED) is 0.369. The third-order valence-electron chi connectivity index (χ3n) is 4.15. The summed E-state index contributed by atoms with van der Waals surface area (Å²) in [6, 6.07) is 6.54. The summed E-state index contributed by atoms with van der Waals surface area (Å²) in [7, 11) is 0. The summed E-state index contributed by atoms with van der Waals surface area (Å²) >= 11 is 3.33. The van der Waals surface area contributed by atoms with Crippen molar-refractivity contribution in [3.63, 3.8) is 0 Å². The number of nitrogens with zero attached hydrogens (tertiary/aromatic N) is 1. The second-order valence-electron chi connectivity index (χ2n) is 6.14. The van der Waals surface area contributed by atoms with Gasteiger partial charge in [-0.2, -0.15) is 0 Å². The molecule has 0 amide bonds. The maximum Gasteiger partial charge on any atom is 0.356 e. The fraction of sp³-hybridized carbons (Fsp3) is 0.364. The van der Waals surface area contributed by atoms with Gasteiger partial charge in [0.05, 0.1) is 26.4 Å². The highest BCUT2D eigenvalue weighted by Gasteiger charge is 2.40. The molecule has 1 aromatic heterocycles. The van der Waals surface area contributed by atoms with E-state index in [1.807, 2.05) is 0 Å². The molecule has 1 aromatic carbocycles. The van der Waals surface area contributed by atoms with Crippen molar-refractivity contribution in [3.05, 3.63) is 51.3 Å². The number of benzene rings is 1. The lowest BCUT2D eigenvalue weighted by Gasteiger charge is -2.13. The van der Waals surface area contributed by atoms with Gasteiger partial charge in [-0.1, -0.05) is 15.9 Å². The SMILES string of the molecule is CCOC(=O)c1c(C(=O)OCC)c(C(=O)OCC)n(-c2ccc(Br)cc2)c1C(=O)OCC. The standard InChI is InChI=1S/C22H24BrNO8/c1-5-29-19(25)15-16(20(26)30-6-2)18(22(28)32-8-4)24(17(15)21(27)31-7-3)14-11-9-13(23)10-12-14/h9-12H,5-8H2,1-4H3. The lowest BCUT2D eigenvalue weighted by Crippen LogP contribution is -2.19. The van der Waals surface area contributed by atoms with E-state index >= 15 is 0 Å². The second-order valence-corrected chi connectivity index (χ2v) is 7.06. The van der Waals surface area contributed by atoms with Crippen LogP contribution in [0.2, 0.25) is 0 Å². The number of hydrogen-bond donors (Lipinski definition) is 0. The molecular weight excluding hydrogens is 486 g/mol. The third kappa shape index (κ3) is 5.18. The Bertz CT molecular complexity index is 952. The molecule has 0 unspecified atom stereocenters. The summed E-state index contributed by atoms with van der Waals surface area (Å²) < 4.78 is 22.4. The fourth-order valence-electron chi connectivity index (χ4n) is 3.01. The average Bonchev–Trinajstić information content (AvgIpc) is 3.11. The van der Waals surface area contributed by atoms with Gasteiger partial charge in [0.1, 0.15) is 22.5 Å². The highest BCUT2D eigenvalue weighted by Crippen LogP contribution is 2.31. The molecule has 0 saturated carbocycles. The summed E-state index contributed by atoms with van der Waals surface area (Å²) in [5.41, 5.74) is -1.19.